The van der Waals surface area contributed by atoms with Crippen molar-refractivity contribution < 1.29 is 27.6 Å². The molecule has 5 nitrogen and oxygen atoms in total. The monoisotopic (exact) mass is 338 g/mol. The first-order valence-electron chi connectivity index (χ1n) is 6.66. The van der Waals surface area contributed by atoms with Crippen molar-refractivity contribution in [1.82, 2.24) is 9.97 Å². The van der Waals surface area contributed by atoms with Crippen LogP contribution in [0, 0.1) is 0 Å². The molecule has 0 aliphatic rings. The second-order valence-corrected chi connectivity index (χ2v) is 4.55. The lowest BCUT2D eigenvalue weighted by molar-refractivity contribution is -0.170. The quantitative estimate of drug-likeness (QED) is 0.632. The van der Waals surface area contributed by atoms with Gasteiger partial charge in [-0.1, -0.05) is 0 Å². The Morgan fingerprint density at radius 2 is 1.29 bits per heavy atom. The maximum Gasteiger partial charge on any atom is 0.450 e. The lowest BCUT2D eigenvalue weighted by Crippen LogP contribution is -2.25. The second-order valence-electron chi connectivity index (χ2n) is 4.55. The molecule has 0 aliphatic heterocycles. The van der Waals surface area contributed by atoms with E-state index < -0.39 is 24.2 Å². The minimum atomic E-state index is -4.96. The third kappa shape index (κ3) is 6.47. The van der Waals surface area contributed by atoms with E-state index in [0.717, 1.165) is 0 Å². The largest absolute Gasteiger partial charge is 0.450 e. The van der Waals surface area contributed by atoms with Crippen molar-refractivity contribution in [3.8, 4) is 0 Å². The minimum Gasteiger partial charge on any atom is -0.295 e. The predicted octanol–water partition coefficient (Wildman–Crippen LogP) is 3.07. The van der Waals surface area contributed by atoms with Crippen molar-refractivity contribution in [3.05, 3.63) is 60.2 Å². The number of ketones is 3. The molecule has 0 unspecified atom stereocenters. The van der Waals surface area contributed by atoms with Gasteiger partial charge in [0.1, 0.15) is 0 Å². The molecule has 0 amide bonds. The smallest absolute Gasteiger partial charge is 0.295 e. The van der Waals surface area contributed by atoms with Crippen molar-refractivity contribution >= 4 is 17.3 Å². The zero-order chi connectivity index (χ0) is 18.2. The number of hydrogen-bond acceptors (Lipinski definition) is 5. The molecule has 0 N–H and O–H groups in total. The summed E-state index contributed by atoms with van der Waals surface area (Å²) in [5, 5.41) is 0. The average molecular weight is 338 g/mol. The molecule has 2 rings (SSSR count). The molecular formula is C16H13F3N2O3. The highest BCUT2D eigenvalue weighted by Gasteiger charge is 2.39. The Morgan fingerprint density at radius 3 is 1.62 bits per heavy atom. The van der Waals surface area contributed by atoms with Crippen molar-refractivity contribution in [2.45, 2.75) is 19.5 Å². The van der Waals surface area contributed by atoms with Crippen LogP contribution >= 0.6 is 0 Å². The SMILES string of the molecule is CC(=O)c1ccncc1.O=C(CC(=O)C(F)(F)F)c1ccncc1. The van der Waals surface area contributed by atoms with Crippen LogP contribution in [0.3, 0.4) is 0 Å². The van der Waals surface area contributed by atoms with Gasteiger partial charge in [0.2, 0.25) is 5.78 Å². The zero-order valence-corrected chi connectivity index (χ0v) is 12.6. The van der Waals surface area contributed by atoms with Gasteiger partial charge in [-0.05, 0) is 31.2 Å². The number of alkyl halides is 3. The van der Waals surface area contributed by atoms with Crippen LogP contribution in [0.2, 0.25) is 0 Å². The summed E-state index contributed by atoms with van der Waals surface area (Å²) < 4.78 is 35.4. The molecule has 0 fully saturated rings. The van der Waals surface area contributed by atoms with Gasteiger partial charge in [-0.2, -0.15) is 13.2 Å². The van der Waals surface area contributed by atoms with E-state index in [1.165, 1.54) is 31.5 Å². The molecule has 2 aromatic heterocycles. The van der Waals surface area contributed by atoms with E-state index in [9.17, 15) is 27.6 Å². The van der Waals surface area contributed by atoms with Crippen LogP contribution in [-0.2, 0) is 4.79 Å². The van der Waals surface area contributed by atoms with Gasteiger partial charge in [-0.15, -0.1) is 0 Å². The molecular weight excluding hydrogens is 325 g/mol. The third-order valence-corrected chi connectivity index (χ3v) is 2.73. The van der Waals surface area contributed by atoms with Crippen molar-refractivity contribution in [2.75, 3.05) is 0 Å². The van der Waals surface area contributed by atoms with Crippen LogP contribution in [0.1, 0.15) is 34.1 Å². The fourth-order valence-corrected chi connectivity index (χ4v) is 1.47. The van der Waals surface area contributed by atoms with E-state index in [1.807, 2.05) is 0 Å². The van der Waals surface area contributed by atoms with Gasteiger partial charge in [-0.25, -0.2) is 0 Å². The number of carbonyl (C=O) groups excluding carboxylic acids is 3. The van der Waals surface area contributed by atoms with E-state index in [1.54, 1.807) is 24.5 Å². The Labute approximate surface area is 135 Å². The Hall–Kier alpha value is -2.90. The Morgan fingerprint density at radius 1 is 0.875 bits per heavy atom. The fraction of sp³-hybridized carbons (Fsp3) is 0.188. The summed E-state index contributed by atoms with van der Waals surface area (Å²) in [5.74, 6) is -2.82. The second kappa shape index (κ2) is 8.66. The summed E-state index contributed by atoms with van der Waals surface area (Å²) in [4.78, 5) is 39.6. The molecule has 2 heterocycles. The summed E-state index contributed by atoms with van der Waals surface area (Å²) in [6.45, 7) is 1.54. The molecule has 2 aromatic rings. The highest BCUT2D eigenvalue weighted by Crippen LogP contribution is 2.19. The van der Waals surface area contributed by atoms with Crippen molar-refractivity contribution in [3.63, 3.8) is 0 Å². The number of Topliss-reactive ketones (excluding diaryl/α,β-unsaturated/α-hetero) is 3. The van der Waals surface area contributed by atoms with Crippen LogP contribution in [0.25, 0.3) is 0 Å². The molecule has 0 bridgehead atoms. The first-order chi connectivity index (χ1) is 11.2. The molecule has 0 saturated carbocycles. The first kappa shape index (κ1) is 19.1. The number of pyridine rings is 2. The Bertz CT molecular complexity index is 702. The van der Waals surface area contributed by atoms with Crippen LogP contribution in [0.4, 0.5) is 13.2 Å². The molecule has 0 aliphatic carbocycles. The van der Waals surface area contributed by atoms with Gasteiger partial charge in [0.25, 0.3) is 0 Å². The van der Waals surface area contributed by atoms with Gasteiger partial charge in [0.05, 0.1) is 6.42 Å². The van der Waals surface area contributed by atoms with Crippen LogP contribution in [-0.4, -0.2) is 33.5 Å². The number of rotatable bonds is 4. The van der Waals surface area contributed by atoms with Crippen molar-refractivity contribution in [2.24, 2.45) is 0 Å². The van der Waals surface area contributed by atoms with Crippen LogP contribution < -0.4 is 0 Å². The summed E-state index contributed by atoms with van der Waals surface area (Å²) in [6.07, 6.45) is -0.361. The number of nitrogens with zero attached hydrogens (tertiary/aromatic N) is 2. The van der Waals surface area contributed by atoms with Crippen LogP contribution in [0.15, 0.2) is 49.1 Å². The number of aromatic nitrogens is 2. The zero-order valence-electron chi connectivity index (χ0n) is 12.6. The molecule has 126 valence electrons. The van der Waals surface area contributed by atoms with Crippen LogP contribution in [0.5, 0.6) is 0 Å². The summed E-state index contributed by atoms with van der Waals surface area (Å²) in [7, 11) is 0. The maximum absolute atomic E-state index is 11.8. The summed E-state index contributed by atoms with van der Waals surface area (Å²) >= 11 is 0. The predicted molar refractivity (Wildman–Crippen MR) is 78.5 cm³/mol. The van der Waals surface area contributed by atoms with E-state index in [-0.39, 0.29) is 11.3 Å². The van der Waals surface area contributed by atoms with Gasteiger partial charge in [-0.3, -0.25) is 24.4 Å². The highest BCUT2D eigenvalue weighted by atomic mass is 19.4. The lowest BCUT2D eigenvalue weighted by Gasteiger charge is -2.03. The molecule has 0 radical (unpaired) electrons. The number of hydrogen-bond donors (Lipinski definition) is 0. The third-order valence-electron chi connectivity index (χ3n) is 2.73. The van der Waals surface area contributed by atoms with Crippen molar-refractivity contribution in [1.29, 1.82) is 0 Å². The fourth-order valence-electron chi connectivity index (χ4n) is 1.47. The average Bonchev–Trinajstić information content (AvgIpc) is 2.56. The normalized spacial score (nSPS) is 10.3. The summed E-state index contributed by atoms with van der Waals surface area (Å²) in [5.41, 5.74) is 0.757. The Balaban J connectivity index is 0.000000272. The molecule has 0 aromatic carbocycles. The van der Waals surface area contributed by atoms with Gasteiger partial charge < -0.3 is 0 Å². The van der Waals surface area contributed by atoms with E-state index in [4.69, 9.17) is 0 Å². The minimum absolute atomic E-state index is 0.0441. The number of carbonyl (C=O) groups is 3. The first-order valence-corrected chi connectivity index (χ1v) is 6.66. The molecule has 0 atom stereocenters. The van der Waals surface area contributed by atoms with E-state index in [2.05, 4.69) is 9.97 Å². The molecule has 8 heteroatoms. The van der Waals surface area contributed by atoms with Gasteiger partial charge in [0.15, 0.2) is 11.6 Å². The van der Waals surface area contributed by atoms with E-state index >= 15 is 0 Å². The molecule has 24 heavy (non-hydrogen) atoms. The number of halogens is 3. The Kier molecular flexibility index (Phi) is 6.91. The molecule has 0 saturated heterocycles. The topological polar surface area (TPSA) is 77.0 Å². The summed E-state index contributed by atoms with van der Waals surface area (Å²) in [6, 6.07) is 5.91. The van der Waals surface area contributed by atoms with Gasteiger partial charge >= 0.3 is 6.18 Å². The molecule has 0 spiro atoms. The maximum atomic E-state index is 11.8. The van der Waals surface area contributed by atoms with E-state index in [0.29, 0.717) is 5.56 Å². The standard InChI is InChI=1S/C9H6F3NO2.C7H7NO/c10-9(11,12)8(15)5-7(14)6-1-3-13-4-2-6;1-6(9)7-2-4-8-5-3-7/h1-4H,5H2;2-5H,1H3. The highest BCUT2D eigenvalue weighted by molar-refractivity contribution is 6.09. The van der Waals surface area contributed by atoms with Gasteiger partial charge in [0, 0.05) is 35.9 Å². The lowest BCUT2D eigenvalue weighted by atomic mass is 10.1.